The smallest absolute Gasteiger partial charge is 0.0474 e. The third kappa shape index (κ3) is 1.86. The lowest BCUT2D eigenvalue weighted by molar-refractivity contribution is 1.33. The van der Waals surface area contributed by atoms with Crippen LogP contribution in [0.5, 0.6) is 0 Å². The average molecular weight is 267 g/mol. The van der Waals surface area contributed by atoms with Gasteiger partial charge in [-0.1, -0.05) is 12.1 Å². The molecule has 0 nitrogen and oxygen atoms in total. The van der Waals surface area contributed by atoms with E-state index in [1.165, 1.54) is 14.7 Å². The Hall–Kier alpha value is 0.240. The van der Waals surface area contributed by atoms with E-state index in [9.17, 15) is 0 Å². The van der Waals surface area contributed by atoms with E-state index in [1.54, 1.807) is 0 Å². The molecule has 0 aliphatic heterocycles. The van der Waals surface area contributed by atoms with Gasteiger partial charge in [-0.15, -0.1) is 11.6 Å². The summed E-state index contributed by atoms with van der Waals surface area (Å²) in [7, 11) is 0. The Morgan fingerprint density at radius 1 is 1.50 bits per heavy atom. The zero-order valence-electron chi connectivity index (χ0n) is 5.70. The molecular weight excluding hydrogens is 258 g/mol. The van der Waals surface area contributed by atoms with Crippen LogP contribution in [-0.2, 0) is 5.88 Å². The maximum atomic E-state index is 5.65. The molecule has 0 bridgehead atoms. The first-order chi connectivity index (χ1) is 4.74. The maximum absolute atomic E-state index is 5.65. The minimum atomic E-state index is 0.607. The molecule has 10 heavy (non-hydrogen) atoms. The maximum Gasteiger partial charge on any atom is 0.0474 e. The van der Waals surface area contributed by atoms with E-state index in [2.05, 4.69) is 47.7 Å². The van der Waals surface area contributed by atoms with E-state index in [0.717, 1.165) is 0 Å². The molecule has 0 amide bonds. The van der Waals surface area contributed by atoms with Crippen LogP contribution < -0.4 is 0 Å². The first-order valence-electron chi connectivity index (χ1n) is 3.05. The van der Waals surface area contributed by atoms with Crippen molar-refractivity contribution in [2.24, 2.45) is 0 Å². The SMILES string of the molecule is Cc1ccc(CCl)cc1I. The minimum absolute atomic E-state index is 0.607. The first kappa shape index (κ1) is 8.34. The van der Waals surface area contributed by atoms with E-state index in [-0.39, 0.29) is 0 Å². The zero-order chi connectivity index (χ0) is 7.56. The van der Waals surface area contributed by atoms with Gasteiger partial charge in [0.15, 0.2) is 0 Å². The molecule has 0 aromatic heterocycles. The third-order valence-electron chi connectivity index (χ3n) is 1.39. The van der Waals surface area contributed by atoms with Crippen molar-refractivity contribution in [2.75, 3.05) is 0 Å². The second-order valence-electron chi connectivity index (χ2n) is 2.22. The van der Waals surface area contributed by atoms with Crippen LogP contribution in [0, 0.1) is 10.5 Å². The van der Waals surface area contributed by atoms with E-state index in [1.807, 2.05) is 0 Å². The summed E-state index contributed by atoms with van der Waals surface area (Å²) < 4.78 is 1.29. The molecule has 0 aliphatic carbocycles. The lowest BCUT2D eigenvalue weighted by atomic mass is 10.2. The topological polar surface area (TPSA) is 0 Å². The van der Waals surface area contributed by atoms with Crippen molar-refractivity contribution in [3.8, 4) is 0 Å². The number of hydrogen-bond donors (Lipinski definition) is 0. The molecule has 0 saturated heterocycles. The third-order valence-corrected chi connectivity index (χ3v) is 2.86. The Morgan fingerprint density at radius 2 is 2.20 bits per heavy atom. The quantitative estimate of drug-likeness (QED) is 0.540. The Balaban J connectivity index is 3.04. The lowest BCUT2D eigenvalue weighted by Crippen LogP contribution is -1.82. The van der Waals surface area contributed by atoms with Crippen LogP contribution in [0.15, 0.2) is 18.2 Å². The summed E-state index contributed by atoms with van der Waals surface area (Å²) in [5, 5.41) is 0. The molecule has 1 aromatic rings. The van der Waals surface area contributed by atoms with Crippen LogP contribution in [-0.4, -0.2) is 0 Å². The van der Waals surface area contributed by atoms with Gasteiger partial charge in [0.05, 0.1) is 0 Å². The normalized spacial score (nSPS) is 9.90. The average Bonchev–Trinajstić information content (AvgIpc) is 1.95. The van der Waals surface area contributed by atoms with Crippen molar-refractivity contribution in [3.63, 3.8) is 0 Å². The van der Waals surface area contributed by atoms with Gasteiger partial charge in [-0.2, -0.15) is 0 Å². The predicted molar refractivity (Wildman–Crippen MR) is 53.5 cm³/mol. The van der Waals surface area contributed by atoms with Crippen molar-refractivity contribution in [1.29, 1.82) is 0 Å². The molecule has 0 aliphatic rings. The molecule has 0 fully saturated rings. The van der Waals surface area contributed by atoms with E-state index >= 15 is 0 Å². The zero-order valence-corrected chi connectivity index (χ0v) is 8.61. The van der Waals surface area contributed by atoms with Crippen molar-refractivity contribution >= 4 is 34.2 Å². The molecular formula is C8H8ClI. The molecule has 0 N–H and O–H groups in total. The van der Waals surface area contributed by atoms with Crippen LogP contribution in [0.25, 0.3) is 0 Å². The van der Waals surface area contributed by atoms with Gasteiger partial charge in [-0.25, -0.2) is 0 Å². The number of benzene rings is 1. The monoisotopic (exact) mass is 266 g/mol. The molecule has 54 valence electrons. The van der Waals surface area contributed by atoms with Crippen molar-refractivity contribution in [1.82, 2.24) is 0 Å². The van der Waals surface area contributed by atoms with E-state index < -0.39 is 0 Å². The highest BCUT2D eigenvalue weighted by Crippen LogP contribution is 2.14. The first-order valence-corrected chi connectivity index (χ1v) is 4.66. The number of hydrogen-bond acceptors (Lipinski definition) is 0. The fourth-order valence-corrected chi connectivity index (χ4v) is 1.47. The Morgan fingerprint density at radius 3 is 2.70 bits per heavy atom. The van der Waals surface area contributed by atoms with Crippen LogP contribution in [0.2, 0.25) is 0 Å². The van der Waals surface area contributed by atoms with E-state index in [4.69, 9.17) is 11.6 Å². The molecule has 0 saturated carbocycles. The highest BCUT2D eigenvalue weighted by atomic mass is 127. The van der Waals surface area contributed by atoms with Gasteiger partial charge in [0, 0.05) is 9.45 Å². The van der Waals surface area contributed by atoms with Crippen LogP contribution in [0.3, 0.4) is 0 Å². The standard InChI is InChI=1S/C8H8ClI/c1-6-2-3-7(5-9)4-8(6)10/h2-4H,5H2,1H3. The Kier molecular flexibility index (Phi) is 2.98. The van der Waals surface area contributed by atoms with Gasteiger partial charge < -0.3 is 0 Å². The van der Waals surface area contributed by atoms with Crippen molar-refractivity contribution < 1.29 is 0 Å². The number of aryl methyl sites for hydroxylation is 1. The Bertz CT molecular complexity index is 233. The van der Waals surface area contributed by atoms with Crippen molar-refractivity contribution in [3.05, 3.63) is 32.9 Å². The summed E-state index contributed by atoms with van der Waals surface area (Å²) in [5.74, 6) is 0.607. The molecule has 0 spiro atoms. The number of rotatable bonds is 1. The van der Waals surface area contributed by atoms with Gasteiger partial charge in [-0.05, 0) is 46.7 Å². The van der Waals surface area contributed by atoms with Gasteiger partial charge >= 0.3 is 0 Å². The second kappa shape index (κ2) is 3.58. The fourth-order valence-electron chi connectivity index (χ4n) is 0.719. The molecule has 0 atom stereocenters. The molecule has 1 aromatic carbocycles. The van der Waals surface area contributed by atoms with Gasteiger partial charge in [0.2, 0.25) is 0 Å². The van der Waals surface area contributed by atoms with E-state index in [0.29, 0.717) is 5.88 Å². The van der Waals surface area contributed by atoms with Crippen LogP contribution in [0.1, 0.15) is 11.1 Å². The van der Waals surface area contributed by atoms with Gasteiger partial charge in [-0.3, -0.25) is 0 Å². The highest BCUT2D eigenvalue weighted by Gasteiger charge is 1.94. The largest absolute Gasteiger partial charge is 0.122 e. The molecule has 1 rings (SSSR count). The fraction of sp³-hybridized carbons (Fsp3) is 0.250. The number of alkyl halides is 1. The van der Waals surface area contributed by atoms with Crippen molar-refractivity contribution in [2.45, 2.75) is 12.8 Å². The number of halogens is 2. The van der Waals surface area contributed by atoms with Crippen LogP contribution >= 0.6 is 34.2 Å². The summed E-state index contributed by atoms with van der Waals surface area (Å²) >= 11 is 7.96. The summed E-state index contributed by atoms with van der Waals surface area (Å²) in [6.45, 7) is 2.10. The summed E-state index contributed by atoms with van der Waals surface area (Å²) in [4.78, 5) is 0. The van der Waals surface area contributed by atoms with Crippen LogP contribution in [0.4, 0.5) is 0 Å². The molecule has 0 unspecified atom stereocenters. The summed E-state index contributed by atoms with van der Waals surface area (Å²) in [6.07, 6.45) is 0. The lowest BCUT2D eigenvalue weighted by Gasteiger charge is -1.98. The predicted octanol–water partition coefficient (Wildman–Crippen LogP) is 3.34. The highest BCUT2D eigenvalue weighted by molar-refractivity contribution is 14.1. The van der Waals surface area contributed by atoms with Gasteiger partial charge in [0.25, 0.3) is 0 Å². The summed E-state index contributed by atoms with van der Waals surface area (Å²) in [6, 6.07) is 6.27. The Labute approximate surface area is 79.7 Å². The minimum Gasteiger partial charge on any atom is -0.122 e. The summed E-state index contributed by atoms with van der Waals surface area (Å²) in [5.41, 5.74) is 2.51. The van der Waals surface area contributed by atoms with Gasteiger partial charge in [0.1, 0.15) is 0 Å². The molecule has 2 heteroatoms. The second-order valence-corrected chi connectivity index (χ2v) is 3.65. The molecule has 0 heterocycles. The molecule has 0 radical (unpaired) electrons.